The van der Waals surface area contributed by atoms with Crippen LogP contribution in [0.15, 0.2) is 28.8 Å². The Labute approximate surface area is 179 Å². The number of aryl methyl sites for hydroxylation is 1. The molecule has 3 heterocycles. The summed E-state index contributed by atoms with van der Waals surface area (Å²) in [5, 5.41) is 4.47. The van der Waals surface area contributed by atoms with Crippen molar-refractivity contribution in [2.75, 3.05) is 40.0 Å². The fourth-order valence-electron chi connectivity index (χ4n) is 4.72. The van der Waals surface area contributed by atoms with Crippen molar-refractivity contribution in [2.45, 2.75) is 63.3 Å². The molecule has 4 rings (SSSR count). The molecule has 2 aliphatic heterocycles. The first-order valence-corrected chi connectivity index (χ1v) is 11.4. The minimum Gasteiger partial charge on any atom is -0.385 e. The van der Waals surface area contributed by atoms with Gasteiger partial charge in [0.15, 0.2) is 5.82 Å². The van der Waals surface area contributed by atoms with E-state index in [0.29, 0.717) is 5.92 Å². The van der Waals surface area contributed by atoms with Gasteiger partial charge in [-0.2, -0.15) is 4.98 Å². The third kappa shape index (κ3) is 4.93. The molecule has 0 amide bonds. The first-order chi connectivity index (χ1) is 14.7. The third-order valence-corrected chi connectivity index (χ3v) is 6.92. The van der Waals surface area contributed by atoms with Crippen LogP contribution in [0.4, 0.5) is 0 Å². The minimum absolute atomic E-state index is 0.0501. The van der Waals surface area contributed by atoms with E-state index in [0.717, 1.165) is 89.7 Å². The Morgan fingerprint density at radius 3 is 2.47 bits per heavy atom. The van der Waals surface area contributed by atoms with Crippen LogP contribution >= 0.6 is 0 Å². The number of hydrogen-bond donors (Lipinski definition) is 0. The van der Waals surface area contributed by atoms with Crippen LogP contribution in [-0.4, -0.2) is 55.1 Å². The summed E-state index contributed by atoms with van der Waals surface area (Å²) in [4.78, 5) is 7.45. The summed E-state index contributed by atoms with van der Waals surface area (Å²) in [5.41, 5.74) is 2.73. The van der Waals surface area contributed by atoms with Crippen molar-refractivity contribution >= 4 is 0 Å². The normalized spacial score (nSPS) is 20.5. The molecule has 0 N–H and O–H groups in total. The molecule has 6 nitrogen and oxygen atoms in total. The Morgan fingerprint density at radius 2 is 1.80 bits per heavy atom. The number of likely N-dealkylation sites (tertiary alicyclic amines) is 1. The van der Waals surface area contributed by atoms with Crippen LogP contribution < -0.4 is 0 Å². The molecule has 0 atom stereocenters. The molecular formula is C24H35N3O3. The van der Waals surface area contributed by atoms with E-state index in [1.54, 1.807) is 7.11 Å². The molecule has 0 spiro atoms. The summed E-state index contributed by atoms with van der Waals surface area (Å²) in [6.07, 6.45) is 6.04. The van der Waals surface area contributed by atoms with Gasteiger partial charge in [-0.25, -0.2) is 0 Å². The zero-order chi connectivity index (χ0) is 20.8. The SMILES string of the molecule is CCc1ccc(CN2CCC(CCOC)(c3noc(C4CCOCC4)n3)CC2)cc1. The number of ether oxygens (including phenoxy) is 2. The topological polar surface area (TPSA) is 60.6 Å². The van der Waals surface area contributed by atoms with Crippen molar-refractivity contribution in [1.82, 2.24) is 15.0 Å². The Balaban J connectivity index is 1.42. The van der Waals surface area contributed by atoms with Gasteiger partial charge in [0.05, 0.1) is 0 Å². The molecular weight excluding hydrogens is 378 g/mol. The fourth-order valence-corrected chi connectivity index (χ4v) is 4.72. The van der Waals surface area contributed by atoms with Crippen LogP contribution in [0.5, 0.6) is 0 Å². The maximum absolute atomic E-state index is 5.74. The highest BCUT2D eigenvalue weighted by atomic mass is 16.5. The summed E-state index contributed by atoms with van der Waals surface area (Å²) in [7, 11) is 1.77. The van der Waals surface area contributed by atoms with Crippen molar-refractivity contribution in [3.8, 4) is 0 Å². The Morgan fingerprint density at radius 1 is 1.10 bits per heavy atom. The van der Waals surface area contributed by atoms with Crippen LogP contribution in [-0.2, 0) is 27.9 Å². The van der Waals surface area contributed by atoms with Gasteiger partial charge in [-0.15, -0.1) is 0 Å². The van der Waals surface area contributed by atoms with E-state index in [1.807, 2.05) is 0 Å². The third-order valence-electron chi connectivity index (χ3n) is 6.92. The number of methoxy groups -OCH3 is 1. The quantitative estimate of drug-likeness (QED) is 0.649. The summed E-state index contributed by atoms with van der Waals surface area (Å²) in [6, 6.07) is 9.04. The average molecular weight is 414 g/mol. The summed E-state index contributed by atoms with van der Waals surface area (Å²) in [5.74, 6) is 2.02. The van der Waals surface area contributed by atoms with Crippen molar-refractivity contribution < 1.29 is 14.0 Å². The van der Waals surface area contributed by atoms with Gasteiger partial charge in [-0.05, 0) is 62.7 Å². The highest BCUT2D eigenvalue weighted by Gasteiger charge is 2.40. The Hall–Kier alpha value is -1.76. The summed E-state index contributed by atoms with van der Waals surface area (Å²) < 4.78 is 16.7. The standard InChI is InChI=1S/C24H35N3O3/c1-3-19-4-6-20(7-5-19)18-27-13-10-24(11-14-27,12-17-28-2)23-25-22(30-26-23)21-8-15-29-16-9-21/h4-7,21H,3,8-18H2,1-2H3. The van der Waals surface area contributed by atoms with E-state index in [9.17, 15) is 0 Å². The van der Waals surface area contributed by atoms with E-state index in [-0.39, 0.29) is 5.41 Å². The smallest absolute Gasteiger partial charge is 0.229 e. The monoisotopic (exact) mass is 413 g/mol. The lowest BCUT2D eigenvalue weighted by molar-refractivity contribution is 0.0778. The second-order valence-electron chi connectivity index (χ2n) is 8.81. The first kappa shape index (κ1) is 21.5. The molecule has 2 aliphatic rings. The van der Waals surface area contributed by atoms with Crippen LogP contribution in [0.1, 0.15) is 67.8 Å². The molecule has 2 aromatic rings. The lowest BCUT2D eigenvalue weighted by Gasteiger charge is -2.40. The number of aromatic nitrogens is 2. The predicted molar refractivity (Wildman–Crippen MR) is 116 cm³/mol. The number of hydrogen-bond acceptors (Lipinski definition) is 6. The fraction of sp³-hybridized carbons (Fsp3) is 0.667. The largest absolute Gasteiger partial charge is 0.385 e. The molecule has 2 saturated heterocycles. The zero-order valence-corrected chi connectivity index (χ0v) is 18.4. The Kier molecular flexibility index (Phi) is 7.18. The van der Waals surface area contributed by atoms with E-state index in [2.05, 4.69) is 41.2 Å². The molecule has 1 aromatic carbocycles. The van der Waals surface area contributed by atoms with Gasteiger partial charge < -0.3 is 14.0 Å². The van der Waals surface area contributed by atoms with Crippen LogP contribution in [0.25, 0.3) is 0 Å². The number of benzene rings is 1. The van der Waals surface area contributed by atoms with E-state index in [4.69, 9.17) is 19.0 Å². The maximum Gasteiger partial charge on any atom is 0.229 e. The highest BCUT2D eigenvalue weighted by Crippen LogP contribution is 2.38. The van der Waals surface area contributed by atoms with Crippen molar-refractivity contribution in [2.24, 2.45) is 0 Å². The second-order valence-corrected chi connectivity index (χ2v) is 8.81. The summed E-state index contributed by atoms with van der Waals surface area (Å²) >= 11 is 0. The van der Waals surface area contributed by atoms with Gasteiger partial charge in [0, 0.05) is 44.8 Å². The number of nitrogens with zero attached hydrogens (tertiary/aromatic N) is 3. The van der Waals surface area contributed by atoms with Crippen molar-refractivity contribution in [3.63, 3.8) is 0 Å². The summed E-state index contributed by atoms with van der Waals surface area (Å²) in [6.45, 7) is 7.58. The van der Waals surface area contributed by atoms with Gasteiger partial charge in [0.2, 0.25) is 5.89 Å². The Bertz CT molecular complexity index is 775. The molecule has 30 heavy (non-hydrogen) atoms. The van der Waals surface area contributed by atoms with Crippen LogP contribution in [0.3, 0.4) is 0 Å². The van der Waals surface area contributed by atoms with Crippen LogP contribution in [0, 0.1) is 0 Å². The highest BCUT2D eigenvalue weighted by molar-refractivity contribution is 5.22. The lowest BCUT2D eigenvalue weighted by Crippen LogP contribution is -2.43. The number of piperidine rings is 1. The van der Waals surface area contributed by atoms with Gasteiger partial charge in [-0.1, -0.05) is 36.3 Å². The average Bonchev–Trinajstić information content (AvgIpc) is 3.31. The number of rotatable bonds is 8. The molecule has 2 fully saturated rings. The van der Waals surface area contributed by atoms with Crippen LogP contribution in [0.2, 0.25) is 0 Å². The molecule has 164 valence electrons. The van der Waals surface area contributed by atoms with Gasteiger partial charge in [0.1, 0.15) is 0 Å². The van der Waals surface area contributed by atoms with E-state index in [1.165, 1.54) is 11.1 Å². The molecule has 6 heteroatoms. The first-order valence-electron chi connectivity index (χ1n) is 11.4. The lowest BCUT2D eigenvalue weighted by atomic mass is 9.75. The second kappa shape index (κ2) is 10.0. The zero-order valence-electron chi connectivity index (χ0n) is 18.4. The molecule has 0 radical (unpaired) electrons. The predicted octanol–water partition coefficient (Wildman–Crippen LogP) is 4.10. The van der Waals surface area contributed by atoms with E-state index >= 15 is 0 Å². The van der Waals surface area contributed by atoms with Crippen molar-refractivity contribution in [1.29, 1.82) is 0 Å². The minimum atomic E-state index is -0.0501. The van der Waals surface area contributed by atoms with Gasteiger partial charge in [0.25, 0.3) is 0 Å². The molecule has 0 aliphatic carbocycles. The molecule has 0 saturated carbocycles. The molecule has 0 bridgehead atoms. The van der Waals surface area contributed by atoms with Gasteiger partial charge in [-0.3, -0.25) is 4.90 Å². The van der Waals surface area contributed by atoms with Crippen molar-refractivity contribution in [3.05, 3.63) is 47.1 Å². The van der Waals surface area contributed by atoms with E-state index < -0.39 is 0 Å². The molecule has 1 aromatic heterocycles. The van der Waals surface area contributed by atoms with Gasteiger partial charge >= 0.3 is 0 Å². The molecule has 0 unspecified atom stereocenters. The maximum atomic E-state index is 5.74.